The van der Waals surface area contributed by atoms with Gasteiger partial charge in [-0.15, -0.1) is 0 Å². The van der Waals surface area contributed by atoms with E-state index in [1.54, 1.807) is 0 Å². The van der Waals surface area contributed by atoms with Gasteiger partial charge in [0.2, 0.25) is 0 Å². The molecule has 0 atom stereocenters. The largest absolute Gasteiger partial charge is 0.490 e. The van der Waals surface area contributed by atoms with Crippen LogP contribution in [0.2, 0.25) is 0 Å². The van der Waals surface area contributed by atoms with E-state index in [9.17, 15) is 4.79 Å². The highest BCUT2D eigenvalue weighted by molar-refractivity contribution is 5.66. The monoisotopic (exact) mass is 371 g/mol. The lowest BCUT2D eigenvalue weighted by atomic mass is 9.98. The number of carboxylic acid groups (broad SMARTS) is 1. The Morgan fingerprint density at radius 3 is 2.70 bits per heavy atom. The van der Waals surface area contributed by atoms with E-state index in [1.807, 2.05) is 31.2 Å². The molecule has 1 aromatic carbocycles. The van der Waals surface area contributed by atoms with Crippen molar-refractivity contribution in [1.82, 2.24) is 4.90 Å². The minimum absolute atomic E-state index is 0.109. The van der Waals surface area contributed by atoms with Crippen LogP contribution in [-0.2, 0) is 17.9 Å². The number of carbonyl (C=O) groups is 1. The SMILES string of the molecule is Cc1ccc(CN(CCC(=O)O)Cc2cccc(OC3CCCCC3)c2)o1. The molecule has 1 saturated carbocycles. The molecular formula is C22H29NO4. The van der Waals surface area contributed by atoms with Gasteiger partial charge in [-0.1, -0.05) is 18.6 Å². The van der Waals surface area contributed by atoms with Gasteiger partial charge < -0.3 is 14.3 Å². The topological polar surface area (TPSA) is 62.9 Å². The van der Waals surface area contributed by atoms with E-state index >= 15 is 0 Å². The van der Waals surface area contributed by atoms with Crippen molar-refractivity contribution in [3.63, 3.8) is 0 Å². The number of rotatable bonds is 9. The molecule has 27 heavy (non-hydrogen) atoms. The number of carboxylic acids is 1. The molecule has 0 amide bonds. The van der Waals surface area contributed by atoms with Crippen LogP contribution in [0, 0.1) is 6.92 Å². The predicted octanol–water partition coefficient (Wildman–Crippen LogP) is 4.78. The van der Waals surface area contributed by atoms with Crippen LogP contribution in [0.3, 0.4) is 0 Å². The van der Waals surface area contributed by atoms with Crippen LogP contribution in [-0.4, -0.2) is 28.6 Å². The van der Waals surface area contributed by atoms with E-state index in [0.717, 1.165) is 35.7 Å². The molecule has 2 aromatic rings. The first-order chi connectivity index (χ1) is 13.1. The molecule has 0 aliphatic heterocycles. The average molecular weight is 371 g/mol. The number of aryl methyl sites for hydroxylation is 1. The Hall–Kier alpha value is -2.27. The van der Waals surface area contributed by atoms with Gasteiger partial charge in [-0.25, -0.2) is 0 Å². The summed E-state index contributed by atoms with van der Waals surface area (Å²) in [6.07, 6.45) is 6.50. The standard InChI is InChI=1S/C22H29NO4/c1-17-10-11-21(26-17)16-23(13-12-22(24)25)15-18-6-5-9-20(14-18)27-19-7-3-2-4-8-19/h5-6,9-11,14,19H,2-4,7-8,12-13,15-16H2,1H3,(H,24,25). The number of nitrogens with zero attached hydrogens (tertiary/aromatic N) is 1. The van der Waals surface area contributed by atoms with Crippen LogP contribution < -0.4 is 4.74 Å². The summed E-state index contributed by atoms with van der Waals surface area (Å²) in [5.41, 5.74) is 1.12. The Balaban J connectivity index is 1.64. The normalized spacial score (nSPS) is 15.2. The van der Waals surface area contributed by atoms with Gasteiger partial charge in [0.05, 0.1) is 19.1 Å². The molecular weight excluding hydrogens is 342 g/mol. The average Bonchev–Trinajstić information content (AvgIpc) is 3.06. The third-order valence-electron chi connectivity index (χ3n) is 4.98. The molecule has 0 spiro atoms. The van der Waals surface area contributed by atoms with Crippen molar-refractivity contribution in [3.05, 3.63) is 53.5 Å². The summed E-state index contributed by atoms with van der Waals surface area (Å²) < 4.78 is 11.8. The lowest BCUT2D eigenvalue weighted by Crippen LogP contribution is -2.25. The number of furan rings is 1. The van der Waals surface area contributed by atoms with E-state index < -0.39 is 5.97 Å². The Bertz CT molecular complexity index is 733. The van der Waals surface area contributed by atoms with Crippen molar-refractivity contribution in [1.29, 1.82) is 0 Å². The fraction of sp³-hybridized carbons (Fsp3) is 0.500. The molecule has 0 unspecified atom stereocenters. The van der Waals surface area contributed by atoms with Crippen LogP contribution in [0.1, 0.15) is 55.6 Å². The highest BCUT2D eigenvalue weighted by atomic mass is 16.5. The third-order valence-corrected chi connectivity index (χ3v) is 4.98. The highest BCUT2D eigenvalue weighted by Gasteiger charge is 2.16. The van der Waals surface area contributed by atoms with E-state index in [-0.39, 0.29) is 6.42 Å². The maximum atomic E-state index is 11.0. The van der Waals surface area contributed by atoms with Crippen LogP contribution in [0.25, 0.3) is 0 Å². The van der Waals surface area contributed by atoms with Crippen LogP contribution in [0.5, 0.6) is 5.75 Å². The van der Waals surface area contributed by atoms with Gasteiger partial charge in [0.1, 0.15) is 17.3 Å². The second kappa shape index (κ2) is 9.60. The van der Waals surface area contributed by atoms with Gasteiger partial charge in [-0.2, -0.15) is 0 Å². The Labute approximate surface area is 160 Å². The summed E-state index contributed by atoms with van der Waals surface area (Å²) in [4.78, 5) is 13.1. The molecule has 1 aliphatic carbocycles. The first kappa shape index (κ1) is 19.5. The summed E-state index contributed by atoms with van der Waals surface area (Å²) in [5.74, 6) is 1.84. The number of ether oxygens (including phenoxy) is 1. The number of hydrogen-bond acceptors (Lipinski definition) is 4. The van der Waals surface area contributed by atoms with Gasteiger partial charge in [0, 0.05) is 13.1 Å². The predicted molar refractivity (Wildman–Crippen MR) is 104 cm³/mol. The number of benzene rings is 1. The van der Waals surface area contributed by atoms with Crippen LogP contribution in [0.4, 0.5) is 0 Å². The van der Waals surface area contributed by atoms with Gasteiger partial charge in [-0.05, 0) is 62.4 Å². The molecule has 0 radical (unpaired) electrons. The third kappa shape index (κ3) is 6.43. The molecule has 1 N–H and O–H groups in total. The van der Waals surface area contributed by atoms with E-state index in [1.165, 1.54) is 19.3 Å². The maximum Gasteiger partial charge on any atom is 0.304 e. The molecule has 1 fully saturated rings. The van der Waals surface area contributed by atoms with Gasteiger partial charge >= 0.3 is 5.97 Å². The quantitative estimate of drug-likeness (QED) is 0.687. The molecule has 146 valence electrons. The maximum absolute atomic E-state index is 11.0. The Morgan fingerprint density at radius 2 is 2.00 bits per heavy atom. The zero-order valence-electron chi connectivity index (χ0n) is 16.0. The van der Waals surface area contributed by atoms with Crippen molar-refractivity contribution in [3.8, 4) is 5.75 Å². The van der Waals surface area contributed by atoms with Crippen molar-refractivity contribution in [2.75, 3.05) is 6.54 Å². The first-order valence-electron chi connectivity index (χ1n) is 9.83. The van der Waals surface area contributed by atoms with E-state index in [2.05, 4.69) is 17.0 Å². The summed E-state index contributed by atoms with van der Waals surface area (Å²) in [6, 6.07) is 12.1. The van der Waals surface area contributed by atoms with Gasteiger partial charge in [0.15, 0.2) is 0 Å². The summed E-state index contributed by atoms with van der Waals surface area (Å²) >= 11 is 0. The smallest absolute Gasteiger partial charge is 0.304 e. The zero-order chi connectivity index (χ0) is 19.1. The minimum atomic E-state index is -0.787. The van der Waals surface area contributed by atoms with Gasteiger partial charge in [-0.3, -0.25) is 9.69 Å². The summed E-state index contributed by atoms with van der Waals surface area (Å²) in [6.45, 7) is 3.64. The zero-order valence-corrected chi connectivity index (χ0v) is 16.0. The van der Waals surface area contributed by atoms with Gasteiger partial charge in [0.25, 0.3) is 0 Å². The molecule has 5 heteroatoms. The fourth-order valence-corrected chi connectivity index (χ4v) is 3.61. The lowest BCUT2D eigenvalue weighted by molar-refractivity contribution is -0.137. The Morgan fingerprint density at radius 1 is 1.19 bits per heavy atom. The molecule has 0 saturated heterocycles. The van der Waals surface area contributed by atoms with Crippen molar-refractivity contribution >= 4 is 5.97 Å². The molecule has 1 aliphatic rings. The molecule has 5 nitrogen and oxygen atoms in total. The molecule has 0 bridgehead atoms. The fourth-order valence-electron chi connectivity index (χ4n) is 3.61. The number of hydrogen-bond donors (Lipinski definition) is 1. The Kier molecular flexibility index (Phi) is 6.93. The van der Waals surface area contributed by atoms with Crippen molar-refractivity contribution in [2.45, 2.75) is 64.6 Å². The van der Waals surface area contributed by atoms with Crippen LogP contribution >= 0.6 is 0 Å². The summed E-state index contributed by atoms with van der Waals surface area (Å²) in [7, 11) is 0. The molecule has 1 aromatic heterocycles. The van der Waals surface area contributed by atoms with Crippen molar-refractivity contribution < 1.29 is 19.1 Å². The molecule has 1 heterocycles. The summed E-state index contributed by atoms with van der Waals surface area (Å²) in [5, 5.41) is 9.05. The minimum Gasteiger partial charge on any atom is -0.490 e. The van der Waals surface area contributed by atoms with Crippen molar-refractivity contribution in [2.24, 2.45) is 0 Å². The first-order valence-corrected chi connectivity index (χ1v) is 9.83. The lowest BCUT2D eigenvalue weighted by Gasteiger charge is -2.24. The highest BCUT2D eigenvalue weighted by Crippen LogP contribution is 2.24. The second-order valence-corrected chi connectivity index (χ2v) is 7.39. The number of aliphatic carboxylic acids is 1. The molecule has 3 rings (SSSR count). The van der Waals surface area contributed by atoms with Crippen LogP contribution in [0.15, 0.2) is 40.8 Å². The second-order valence-electron chi connectivity index (χ2n) is 7.39. The van der Waals surface area contributed by atoms with E-state index in [4.69, 9.17) is 14.3 Å². The van der Waals surface area contributed by atoms with E-state index in [0.29, 0.717) is 25.7 Å².